The molecule has 3 N–H and O–H groups in total. The number of halogens is 2. The van der Waals surface area contributed by atoms with Crippen molar-refractivity contribution in [1.29, 1.82) is 0 Å². The van der Waals surface area contributed by atoms with Gasteiger partial charge in [0, 0.05) is 23.4 Å². The number of pyridine rings is 1. The second-order valence-corrected chi connectivity index (χ2v) is 6.90. The Balaban J connectivity index is 2.10. The molecule has 0 atom stereocenters. The Morgan fingerprint density at radius 3 is 2.81 bits per heavy atom. The normalized spacial score (nSPS) is 11.5. The molecule has 0 saturated carbocycles. The third kappa shape index (κ3) is 3.99. The van der Waals surface area contributed by atoms with Gasteiger partial charge in [-0.15, -0.1) is 0 Å². The number of benzene rings is 1. The SMILES string of the molecule is Nc1cc(S(=O)(=O)NCCc2cccnc2)c(Br)cc1F. The quantitative estimate of drug-likeness (QED) is 0.785. The first kappa shape index (κ1) is 15.9. The summed E-state index contributed by atoms with van der Waals surface area (Å²) in [6.45, 7) is 0.206. The molecule has 0 spiro atoms. The fourth-order valence-corrected chi connectivity index (χ4v) is 3.78. The monoisotopic (exact) mass is 373 g/mol. The molecule has 112 valence electrons. The van der Waals surface area contributed by atoms with Crippen LogP contribution in [0.15, 0.2) is 46.0 Å². The number of sulfonamides is 1. The summed E-state index contributed by atoms with van der Waals surface area (Å²) >= 11 is 3.03. The lowest BCUT2D eigenvalue weighted by Crippen LogP contribution is -2.26. The van der Waals surface area contributed by atoms with E-state index in [0.29, 0.717) is 6.42 Å². The van der Waals surface area contributed by atoms with Crippen molar-refractivity contribution in [1.82, 2.24) is 9.71 Å². The first-order valence-electron chi connectivity index (χ1n) is 6.03. The Morgan fingerprint density at radius 1 is 1.38 bits per heavy atom. The van der Waals surface area contributed by atoms with Crippen molar-refractivity contribution in [3.8, 4) is 0 Å². The van der Waals surface area contributed by atoms with Crippen LogP contribution in [0.4, 0.5) is 10.1 Å². The highest BCUT2D eigenvalue weighted by molar-refractivity contribution is 9.10. The van der Waals surface area contributed by atoms with Crippen molar-refractivity contribution in [2.24, 2.45) is 0 Å². The second-order valence-electron chi connectivity index (χ2n) is 4.31. The Kier molecular flexibility index (Phi) is 4.92. The smallest absolute Gasteiger partial charge is 0.241 e. The number of nitrogens with zero attached hydrogens (tertiary/aromatic N) is 1. The van der Waals surface area contributed by atoms with E-state index in [2.05, 4.69) is 25.6 Å². The van der Waals surface area contributed by atoms with Gasteiger partial charge in [-0.25, -0.2) is 17.5 Å². The minimum atomic E-state index is -3.76. The van der Waals surface area contributed by atoms with E-state index in [1.807, 2.05) is 6.07 Å². The van der Waals surface area contributed by atoms with Crippen LogP contribution in [-0.2, 0) is 16.4 Å². The van der Waals surface area contributed by atoms with Crippen molar-refractivity contribution >= 4 is 31.6 Å². The van der Waals surface area contributed by atoms with E-state index in [0.717, 1.165) is 17.7 Å². The number of nitrogens with two attached hydrogens (primary N) is 1. The Morgan fingerprint density at radius 2 is 2.14 bits per heavy atom. The van der Waals surface area contributed by atoms with Gasteiger partial charge in [-0.3, -0.25) is 4.98 Å². The highest BCUT2D eigenvalue weighted by Gasteiger charge is 2.19. The van der Waals surface area contributed by atoms with Crippen LogP contribution in [0.5, 0.6) is 0 Å². The number of nitrogens with one attached hydrogen (secondary N) is 1. The molecule has 0 aliphatic carbocycles. The Bertz CT molecular complexity index is 739. The molecule has 0 unspecified atom stereocenters. The van der Waals surface area contributed by atoms with E-state index in [4.69, 9.17) is 5.73 Å². The molecule has 1 aromatic heterocycles. The van der Waals surface area contributed by atoms with E-state index >= 15 is 0 Å². The summed E-state index contributed by atoms with van der Waals surface area (Å²) in [7, 11) is -3.76. The lowest BCUT2D eigenvalue weighted by molar-refractivity contribution is 0.580. The van der Waals surface area contributed by atoms with Crippen molar-refractivity contribution < 1.29 is 12.8 Å². The van der Waals surface area contributed by atoms with Crippen LogP contribution >= 0.6 is 15.9 Å². The molecule has 1 aromatic carbocycles. The number of aromatic nitrogens is 1. The largest absolute Gasteiger partial charge is 0.396 e. The summed E-state index contributed by atoms with van der Waals surface area (Å²) < 4.78 is 40.2. The molecule has 0 aliphatic heterocycles. The highest BCUT2D eigenvalue weighted by atomic mass is 79.9. The maximum atomic E-state index is 13.2. The lowest BCUT2D eigenvalue weighted by atomic mass is 10.2. The number of anilines is 1. The van der Waals surface area contributed by atoms with Crippen molar-refractivity contribution in [3.05, 3.63) is 52.5 Å². The number of rotatable bonds is 5. The molecule has 0 radical (unpaired) electrons. The molecular weight excluding hydrogens is 361 g/mol. The van der Waals surface area contributed by atoms with Gasteiger partial charge in [0.05, 0.1) is 10.6 Å². The first-order valence-corrected chi connectivity index (χ1v) is 8.31. The predicted molar refractivity (Wildman–Crippen MR) is 81.6 cm³/mol. The minimum absolute atomic E-state index is 0.0902. The highest BCUT2D eigenvalue weighted by Crippen LogP contribution is 2.26. The molecule has 0 fully saturated rings. The summed E-state index contributed by atoms with van der Waals surface area (Å²) in [6.07, 6.45) is 3.81. The summed E-state index contributed by atoms with van der Waals surface area (Å²) in [4.78, 5) is 3.86. The third-order valence-corrected chi connectivity index (χ3v) is 5.19. The van der Waals surface area contributed by atoms with E-state index in [-0.39, 0.29) is 21.6 Å². The van der Waals surface area contributed by atoms with Crippen LogP contribution in [0.3, 0.4) is 0 Å². The van der Waals surface area contributed by atoms with E-state index in [1.54, 1.807) is 18.5 Å². The van der Waals surface area contributed by atoms with Gasteiger partial charge in [0.15, 0.2) is 0 Å². The molecule has 0 aliphatic rings. The van der Waals surface area contributed by atoms with Gasteiger partial charge in [0.25, 0.3) is 0 Å². The maximum Gasteiger partial charge on any atom is 0.241 e. The topological polar surface area (TPSA) is 85.1 Å². The summed E-state index contributed by atoms with van der Waals surface area (Å²) in [6, 6.07) is 5.75. The average Bonchev–Trinajstić information content (AvgIpc) is 2.43. The first-order chi connectivity index (χ1) is 9.90. The van der Waals surface area contributed by atoms with E-state index in [1.165, 1.54) is 0 Å². The fraction of sp³-hybridized carbons (Fsp3) is 0.154. The van der Waals surface area contributed by atoms with Crippen LogP contribution in [-0.4, -0.2) is 19.9 Å². The molecule has 8 heteroatoms. The van der Waals surface area contributed by atoms with Crippen molar-refractivity contribution in [2.45, 2.75) is 11.3 Å². The standard InChI is InChI=1S/C13H13BrFN3O2S/c14-10-6-11(15)12(16)7-13(10)21(19,20)18-5-3-9-2-1-4-17-8-9/h1-2,4,6-8,18H,3,5,16H2. The van der Waals surface area contributed by atoms with Gasteiger partial charge >= 0.3 is 0 Å². The molecule has 2 rings (SSSR count). The minimum Gasteiger partial charge on any atom is -0.396 e. The number of nitrogen functional groups attached to an aromatic ring is 1. The van der Waals surface area contributed by atoms with Crippen molar-refractivity contribution in [2.75, 3.05) is 12.3 Å². The zero-order valence-electron chi connectivity index (χ0n) is 10.9. The van der Waals surface area contributed by atoms with Crippen LogP contribution in [0, 0.1) is 5.82 Å². The van der Waals surface area contributed by atoms with Gasteiger partial charge in [-0.2, -0.15) is 0 Å². The molecule has 0 bridgehead atoms. The molecule has 2 aromatic rings. The van der Waals surface area contributed by atoms with Crippen LogP contribution in [0.25, 0.3) is 0 Å². The van der Waals surface area contributed by atoms with Gasteiger partial charge in [-0.1, -0.05) is 6.07 Å². The summed E-state index contributed by atoms with van der Waals surface area (Å²) in [5.74, 6) is -0.670. The van der Waals surface area contributed by atoms with Gasteiger partial charge < -0.3 is 5.73 Å². The van der Waals surface area contributed by atoms with Gasteiger partial charge in [0.1, 0.15) is 5.82 Å². The molecule has 21 heavy (non-hydrogen) atoms. The Hall–Kier alpha value is -1.51. The van der Waals surface area contributed by atoms with E-state index in [9.17, 15) is 12.8 Å². The average molecular weight is 374 g/mol. The van der Waals surface area contributed by atoms with Crippen LogP contribution in [0.2, 0.25) is 0 Å². The van der Waals surface area contributed by atoms with Gasteiger partial charge in [0.2, 0.25) is 10.0 Å². The second kappa shape index (κ2) is 6.50. The molecule has 1 heterocycles. The Labute approximate surface area is 130 Å². The molecule has 5 nitrogen and oxygen atoms in total. The third-order valence-electron chi connectivity index (χ3n) is 2.77. The molecule has 0 saturated heterocycles. The number of hydrogen-bond donors (Lipinski definition) is 2. The predicted octanol–water partition coefficient (Wildman–Crippen LogP) is 2.09. The summed E-state index contributed by atoms with van der Waals surface area (Å²) in [5, 5.41) is 0. The number of hydrogen-bond acceptors (Lipinski definition) is 4. The van der Waals surface area contributed by atoms with E-state index < -0.39 is 15.8 Å². The fourth-order valence-electron chi connectivity index (χ4n) is 1.70. The zero-order chi connectivity index (χ0) is 15.5. The summed E-state index contributed by atoms with van der Waals surface area (Å²) in [5.41, 5.74) is 6.11. The molecule has 0 amide bonds. The molecular formula is C13H13BrFN3O2S. The lowest BCUT2D eigenvalue weighted by Gasteiger charge is -2.09. The van der Waals surface area contributed by atoms with Crippen LogP contribution < -0.4 is 10.5 Å². The zero-order valence-corrected chi connectivity index (χ0v) is 13.3. The van der Waals surface area contributed by atoms with Crippen molar-refractivity contribution in [3.63, 3.8) is 0 Å². The van der Waals surface area contributed by atoms with Crippen LogP contribution in [0.1, 0.15) is 5.56 Å². The maximum absolute atomic E-state index is 13.2. The van der Waals surface area contributed by atoms with Gasteiger partial charge in [-0.05, 0) is 46.1 Å².